The topological polar surface area (TPSA) is 88.5 Å². The number of rotatable bonds is 5. The Morgan fingerprint density at radius 2 is 2.12 bits per heavy atom. The van der Waals surface area contributed by atoms with Crippen LogP contribution in [0.3, 0.4) is 0 Å². The van der Waals surface area contributed by atoms with E-state index in [-0.39, 0.29) is 18.1 Å². The molecule has 0 aliphatic carbocycles. The fraction of sp³-hybridized carbons (Fsp3) is 0.222. The van der Waals surface area contributed by atoms with Crippen molar-refractivity contribution in [2.24, 2.45) is 10.2 Å². The first-order valence-corrected chi connectivity index (χ1v) is 7.91. The van der Waals surface area contributed by atoms with Crippen molar-refractivity contribution < 1.29 is 14.6 Å². The third-order valence-corrected chi connectivity index (χ3v) is 3.62. The van der Waals surface area contributed by atoms with Gasteiger partial charge in [0.2, 0.25) is 0 Å². The Hall–Kier alpha value is -3.22. The number of aryl methyl sites for hydroxylation is 1. The van der Waals surface area contributed by atoms with Gasteiger partial charge in [0.05, 0.1) is 24.4 Å². The molecule has 0 saturated carbocycles. The number of esters is 1. The van der Waals surface area contributed by atoms with Gasteiger partial charge in [-0.3, -0.25) is 9.20 Å². The van der Waals surface area contributed by atoms with E-state index in [0.717, 1.165) is 5.56 Å². The van der Waals surface area contributed by atoms with Crippen molar-refractivity contribution in [1.82, 2.24) is 9.38 Å². The molecular weight excluding hydrogens is 320 g/mol. The molecule has 128 valence electrons. The molecule has 0 saturated heterocycles. The molecule has 0 radical (unpaired) electrons. The van der Waals surface area contributed by atoms with Gasteiger partial charge in [0.1, 0.15) is 11.4 Å². The molecule has 0 aliphatic heterocycles. The van der Waals surface area contributed by atoms with Gasteiger partial charge in [-0.15, -0.1) is 10.2 Å². The summed E-state index contributed by atoms with van der Waals surface area (Å²) in [5.74, 6) is 0.300. The first-order valence-electron chi connectivity index (χ1n) is 7.91. The molecule has 2 aromatic heterocycles. The molecule has 0 atom stereocenters. The molecule has 0 aliphatic rings. The normalized spacial score (nSPS) is 11.3. The number of aromatic hydroxyl groups is 1. The largest absolute Gasteiger partial charge is 0.508 e. The highest BCUT2D eigenvalue weighted by molar-refractivity contribution is 5.74. The average Bonchev–Trinajstić information content (AvgIpc) is 2.91. The second-order valence-corrected chi connectivity index (χ2v) is 5.46. The molecule has 7 nitrogen and oxygen atoms in total. The van der Waals surface area contributed by atoms with E-state index in [4.69, 9.17) is 4.74 Å². The lowest BCUT2D eigenvalue weighted by Gasteiger charge is -2.02. The standard InChI is InChI=1S/C18H18N4O3/c1-3-25-17(24)11-15-18(22-9-5-4-6-16(22)19-15)21-20-14-8-7-13(23)10-12(14)2/h4-10,23H,3,11H2,1-2H3. The maximum Gasteiger partial charge on any atom is 0.312 e. The fourth-order valence-electron chi connectivity index (χ4n) is 2.46. The van der Waals surface area contributed by atoms with Crippen LogP contribution >= 0.6 is 0 Å². The maximum atomic E-state index is 11.8. The minimum Gasteiger partial charge on any atom is -0.508 e. The number of nitrogens with zero attached hydrogens (tertiary/aromatic N) is 4. The van der Waals surface area contributed by atoms with E-state index >= 15 is 0 Å². The molecule has 0 bridgehead atoms. The summed E-state index contributed by atoms with van der Waals surface area (Å²) in [6.45, 7) is 3.91. The summed E-state index contributed by atoms with van der Waals surface area (Å²) in [4.78, 5) is 16.3. The van der Waals surface area contributed by atoms with Gasteiger partial charge in [-0.2, -0.15) is 0 Å². The van der Waals surface area contributed by atoms with Crippen LogP contribution in [0.2, 0.25) is 0 Å². The molecule has 0 unspecified atom stereocenters. The van der Waals surface area contributed by atoms with E-state index in [2.05, 4.69) is 15.2 Å². The van der Waals surface area contributed by atoms with E-state index < -0.39 is 0 Å². The van der Waals surface area contributed by atoms with Crippen molar-refractivity contribution in [2.45, 2.75) is 20.3 Å². The molecule has 0 fully saturated rings. The zero-order valence-electron chi connectivity index (χ0n) is 14.0. The van der Waals surface area contributed by atoms with Gasteiger partial charge in [0, 0.05) is 6.20 Å². The lowest BCUT2D eigenvalue weighted by molar-refractivity contribution is -0.142. The highest BCUT2D eigenvalue weighted by atomic mass is 16.5. The zero-order chi connectivity index (χ0) is 17.8. The Balaban J connectivity index is 2.01. The summed E-state index contributed by atoms with van der Waals surface area (Å²) in [7, 11) is 0. The lowest BCUT2D eigenvalue weighted by atomic mass is 10.2. The zero-order valence-corrected chi connectivity index (χ0v) is 14.0. The number of carbonyl (C=O) groups is 1. The smallest absolute Gasteiger partial charge is 0.312 e. The summed E-state index contributed by atoms with van der Waals surface area (Å²) in [6.07, 6.45) is 1.84. The number of phenolic OH excluding ortho intramolecular Hbond substituents is 1. The van der Waals surface area contributed by atoms with E-state index in [1.165, 1.54) is 0 Å². The summed E-state index contributed by atoms with van der Waals surface area (Å²) >= 11 is 0. The van der Waals surface area contributed by atoms with Gasteiger partial charge in [-0.1, -0.05) is 6.07 Å². The van der Waals surface area contributed by atoms with Gasteiger partial charge < -0.3 is 9.84 Å². The van der Waals surface area contributed by atoms with Crippen molar-refractivity contribution in [3.05, 3.63) is 53.9 Å². The van der Waals surface area contributed by atoms with Gasteiger partial charge in [0.25, 0.3) is 0 Å². The monoisotopic (exact) mass is 338 g/mol. The summed E-state index contributed by atoms with van der Waals surface area (Å²) in [6, 6.07) is 10.4. The number of fused-ring (bicyclic) bond motifs is 1. The number of hydrogen-bond acceptors (Lipinski definition) is 6. The van der Waals surface area contributed by atoms with Crippen LogP contribution in [-0.2, 0) is 16.0 Å². The third-order valence-electron chi connectivity index (χ3n) is 3.62. The van der Waals surface area contributed by atoms with Crippen LogP contribution in [0.1, 0.15) is 18.2 Å². The molecule has 0 spiro atoms. The van der Waals surface area contributed by atoms with E-state index in [1.54, 1.807) is 29.5 Å². The number of aromatic nitrogens is 2. The SMILES string of the molecule is CCOC(=O)Cc1nc2ccccn2c1N=Nc1ccc(O)cc1C. The van der Waals surface area contributed by atoms with Crippen LogP contribution in [0.5, 0.6) is 5.75 Å². The molecule has 7 heteroatoms. The summed E-state index contributed by atoms with van der Waals surface area (Å²) < 4.78 is 6.78. The quantitative estimate of drug-likeness (QED) is 0.565. The predicted octanol–water partition coefficient (Wildman–Crippen LogP) is 3.87. The highest BCUT2D eigenvalue weighted by Gasteiger charge is 2.16. The minimum absolute atomic E-state index is 0.0262. The number of phenols is 1. The Morgan fingerprint density at radius 1 is 1.28 bits per heavy atom. The molecule has 3 rings (SSSR count). The van der Waals surface area contributed by atoms with Crippen molar-refractivity contribution in [3.63, 3.8) is 0 Å². The number of hydrogen-bond donors (Lipinski definition) is 1. The third kappa shape index (κ3) is 3.65. The van der Waals surface area contributed by atoms with Gasteiger partial charge >= 0.3 is 5.97 Å². The molecular formula is C18H18N4O3. The number of benzene rings is 1. The number of imidazole rings is 1. The van der Waals surface area contributed by atoms with Crippen molar-refractivity contribution in [3.8, 4) is 5.75 Å². The minimum atomic E-state index is -0.358. The maximum absolute atomic E-state index is 11.8. The first-order chi connectivity index (χ1) is 12.1. The molecule has 0 amide bonds. The Bertz CT molecular complexity index is 947. The second-order valence-electron chi connectivity index (χ2n) is 5.46. The molecule has 25 heavy (non-hydrogen) atoms. The predicted molar refractivity (Wildman–Crippen MR) is 92.5 cm³/mol. The van der Waals surface area contributed by atoms with Crippen LogP contribution in [-0.4, -0.2) is 27.1 Å². The van der Waals surface area contributed by atoms with Crippen LogP contribution in [0.15, 0.2) is 52.8 Å². The molecule has 1 N–H and O–H groups in total. The Labute approximate surface area is 144 Å². The number of azo groups is 1. The first kappa shape index (κ1) is 16.6. The molecule has 2 heterocycles. The Morgan fingerprint density at radius 3 is 2.88 bits per heavy atom. The van der Waals surface area contributed by atoms with Gasteiger partial charge in [-0.25, -0.2) is 4.98 Å². The van der Waals surface area contributed by atoms with Crippen LogP contribution in [0, 0.1) is 6.92 Å². The summed E-state index contributed by atoms with van der Waals surface area (Å²) in [5, 5.41) is 18.0. The van der Waals surface area contributed by atoms with Crippen molar-refractivity contribution in [2.75, 3.05) is 6.61 Å². The lowest BCUT2D eigenvalue weighted by Crippen LogP contribution is -2.07. The number of pyridine rings is 1. The van der Waals surface area contributed by atoms with E-state index in [0.29, 0.717) is 29.5 Å². The van der Waals surface area contributed by atoms with E-state index in [9.17, 15) is 9.90 Å². The number of ether oxygens (including phenoxy) is 1. The van der Waals surface area contributed by atoms with Crippen LogP contribution < -0.4 is 0 Å². The van der Waals surface area contributed by atoms with Crippen molar-refractivity contribution in [1.29, 1.82) is 0 Å². The van der Waals surface area contributed by atoms with Crippen molar-refractivity contribution >= 4 is 23.1 Å². The Kier molecular flexibility index (Phi) is 4.74. The molecule has 3 aromatic rings. The number of carbonyl (C=O) groups excluding carboxylic acids is 1. The van der Waals surface area contributed by atoms with Crippen LogP contribution in [0.4, 0.5) is 11.5 Å². The highest BCUT2D eigenvalue weighted by Crippen LogP contribution is 2.27. The molecule has 1 aromatic carbocycles. The van der Waals surface area contributed by atoms with Gasteiger partial charge in [0.15, 0.2) is 5.82 Å². The van der Waals surface area contributed by atoms with Crippen LogP contribution in [0.25, 0.3) is 5.65 Å². The average molecular weight is 338 g/mol. The fourth-order valence-corrected chi connectivity index (χ4v) is 2.46. The second kappa shape index (κ2) is 7.12. The summed E-state index contributed by atoms with van der Waals surface area (Å²) in [5.41, 5.74) is 2.61. The van der Waals surface area contributed by atoms with Gasteiger partial charge in [-0.05, 0) is 49.7 Å². The van der Waals surface area contributed by atoms with E-state index in [1.807, 2.05) is 31.3 Å².